The van der Waals surface area contributed by atoms with E-state index in [4.69, 9.17) is 25.7 Å². The van der Waals surface area contributed by atoms with Crippen molar-refractivity contribution in [3.63, 3.8) is 0 Å². The van der Waals surface area contributed by atoms with Crippen molar-refractivity contribution in [2.24, 2.45) is 5.73 Å². The van der Waals surface area contributed by atoms with Crippen molar-refractivity contribution in [3.05, 3.63) is 78.8 Å². The minimum Gasteiger partial charge on any atom is -0.493 e. The number of anilines is 1. The molecule has 0 aliphatic rings. The second-order valence-corrected chi connectivity index (χ2v) is 9.85. The van der Waals surface area contributed by atoms with Crippen molar-refractivity contribution in [2.45, 2.75) is 11.8 Å². The third-order valence-corrected chi connectivity index (χ3v) is 7.33. The summed E-state index contributed by atoms with van der Waals surface area (Å²) in [7, 11) is 3.21. The Labute approximate surface area is 225 Å². The second-order valence-electron chi connectivity index (χ2n) is 8.82. The molecule has 0 fully saturated rings. The maximum absolute atomic E-state index is 6.36. The predicted molar refractivity (Wildman–Crippen MR) is 154 cm³/mol. The fraction of sp³-hybridized carbons (Fsp3) is 0.207. The van der Waals surface area contributed by atoms with Gasteiger partial charge in [-0.05, 0) is 29.1 Å². The van der Waals surface area contributed by atoms with E-state index in [1.807, 2.05) is 42.5 Å². The Kier molecular flexibility index (Phi) is 7.76. The van der Waals surface area contributed by atoms with Crippen LogP contribution in [0.4, 0.5) is 5.82 Å². The van der Waals surface area contributed by atoms with Crippen LogP contribution in [0.15, 0.2) is 73.2 Å². The number of hydrogen-bond acceptors (Lipinski definition) is 9. The van der Waals surface area contributed by atoms with Crippen LogP contribution in [0.5, 0.6) is 17.2 Å². The molecule has 3 heterocycles. The molecule has 0 saturated carbocycles. The van der Waals surface area contributed by atoms with Crippen molar-refractivity contribution in [1.29, 1.82) is 0 Å². The lowest BCUT2D eigenvalue weighted by molar-refractivity contribution is 0.297. The maximum atomic E-state index is 6.36. The van der Waals surface area contributed by atoms with E-state index in [0.29, 0.717) is 35.4 Å². The summed E-state index contributed by atoms with van der Waals surface area (Å²) in [4.78, 5) is 13.5. The summed E-state index contributed by atoms with van der Waals surface area (Å²) in [6, 6.07) is 17.9. The molecule has 4 N–H and O–H groups in total. The molecular formula is C29H29N5O3S. The number of pyridine rings is 3. The van der Waals surface area contributed by atoms with Gasteiger partial charge in [0.15, 0.2) is 11.5 Å². The molecule has 38 heavy (non-hydrogen) atoms. The molecule has 0 aliphatic carbocycles. The number of aromatic nitrogens is 3. The molecule has 9 heteroatoms. The highest BCUT2D eigenvalue weighted by Gasteiger charge is 2.14. The fourth-order valence-electron chi connectivity index (χ4n) is 4.20. The first-order valence-corrected chi connectivity index (χ1v) is 13.3. The maximum Gasteiger partial charge on any atom is 0.162 e. The smallest absolute Gasteiger partial charge is 0.162 e. The number of methoxy groups -OCH3 is 2. The van der Waals surface area contributed by atoms with E-state index in [9.17, 15) is 0 Å². The van der Waals surface area contributed by atoms with E-state index < -0.39 is 0 Å². The number of nitrogen functional groups attached to an aromatic ring is 1. The summed E-state index contributed by atoms with van der Waals surface area (Å²) in [6.07, 6.45) is 5.14. The lowest BCUT2D eigenvalue weighted by Gasteiger charge is -2.14. The van der Waals surface area contributed by atoms with Gasteiger partial charge in [0.2, 0.25) is 0 Å². The van der Waals surface area contributed by atoms with Crippen LogP contribution in [0.2, 0.25) is 0 Å². The molecule has 0 spiro atoms. The number of nitrogens with two attached hydrogens (primary N) is 2. The van der Waals surface area contributed by atoms with E-state index in [-0.39, 0.29) is 6.04 Å². The van der Waals surface area contributed by atoms with Crippen LogP contribution < -0.4 is 25.7 Å². The molecule has 194 valence electrons. The van der Waals surface area contributed by atoms with Crippen molar-refractivity contribution >= 4 is 39.3 Å². The van der Waals surface area contributed by atoms with Gasteiger partial charge in [0.25, 0.3) is 0 Å². The summed E-state index contributed by atoms with van der Waals surface area (Å²) in [6.45, 7) is 0.387. The van der Waals surface area contributed by atoms with Crippen LogP contribution in [-0.2, 0) is 5.75 Å². The third kappa shape index (κ3) is 5.58. The summed E-state index contributed by atoms with van der Waals surface area (Å²) in [5.74, 6) is 3.94. The van der Waals surface area contributed by atoms with Crippen LogP contribution in [0, 0.1) is 0 Å². The molecule has 8 nitrogen and oxygen atoms in total. The Morgan fingerprint density at radius 3 is 2.47 bits per heavy atom. The third-order valence-electron chi connectivity index (χ3n) is 6.13. The van der Waals surface area contributed by atoms with Gasteiger partial charge in [-0.15, -0.1) is 0 Å². The standard InChI is InChI=1S/C29H29N5O3S/c1-35-27-10-23-22-9-25(34-29(31)24(22)14-33-26(23)11-28(27)36-2)19-8-21(13-32-12-19)37-15-20(30)17-38-16-18-6-4-3-5-7-18/h3-14,20H,15-17,30H2,1-2H3,(H2,31,34)/t20-/m1/s1. The van der Waals surface area contributed by atoms with Crippen molar-refractivity contribution < 1.29 is 14.2 Å². The second kappa shape index (κ2) is 11.5. The van der Waals surface area contributed by atoms with Crippen LogP contribution in [0.3, 0.4) is 0 Å². The van der Waals surface area contributed by atoms with Crippen molar-refractivity contribution in [2.75, 3.05) is 32.3 Å². The highest BCUT2D eigenvalue weighted by Crippen LogP contribution is 2.37. The molecule has 0 amide bonds. The zero-order valence-corrected chi connectivity index (χ0v) is 22.1. The number of hydrogen-bond donors (Lipinski definition) is 2. The van der Waals surface area contributed by atoms with Gasteiger partial charge in [-0.2, -0.15) is 11.8 Å². The van der Waals surface area contributed by atoms with Gasteiger partial charge >= 0.3 is 0 Å². The summed E-state index contributed by atoms with van der Waals surface area (Å²) < 4.78 is 16.9. The first-order valence-electron chi connectivity index (χ1n) is 12.1. The number of fused-ring (bicyclic) bond motifs is 3. The van der Waals surface area contributed by atoms with Crippen LogP contribution in [0.25, 0.3) is 32.9 Å². The molecule has 1 atom stereocenters. The minimum absolute atomic E-state index is 0.104. The van der Waals surface area contributed by atoms with Gasteiger partial charge in [-0.25, -0.2) is 4.98 Å². The number of thioether (sulfide) groups is 1. The zero-order valence-electron chi connectivity index (χ0n) is 21.3. The lowest BCUT2D eigenvalue weighted by atomic mass is 10.0. The van der Waals surface area contributed by atoms with Crippen LogP contribution in [0.1, 0.15) is 5.56 Å². The average molecular weight is 528 g/mol. The molecule has 0 unspecified atom stereocenters. The molecule has 0 bridgehead atoms. The zero-order chi connectivity index (χ0) is 26.5. The summed E-state index contributed by atoms with van der Waals surface area (Å²) >= 11 is 1.79. The molecule has 5 aromatic rings. The van der Waals surface area contributed by atoms with Crippen molar-refractivity contribution in [3.8, 4) is 28.5 Å². The lowest BCUT2D eigenvalue weighted by Crippen LogP contribution is -2.30. The van der Waals surface area contributed by atoms with E-state index in [2.05, 4.69) is 27.1 Å². The number of rotatable bonds is 10. The first-order chi connectivity index (χ1) is 18.6. The monoisotopic (exact) mass is 527 g/mol. The topological polar surface area (TPSA) is 118 Å². The SMILES string of the molecule is COc1cc2ncc3c(N)nc(-c4cncc(OC[C@@H](N)CSCc5ccccc5)c4)cc3c2cc1OC. The van der Waals surface area contributed by atoms with Crippen molar-refractivity contribution in [1.82, 2.24) is 15.0 Å². The molecule has 2 aromatic carbocycles. The Bertz CT molecular complexity index is 1570. The van der Waals surface area contributed by atoms with E-state index in [0.717, 1.165) is 38.7 Å². The van der Waals surface area contributed by atoms with Gasteiger partial charge in [0.1, 0.15) is 18.2 Å². The number of ether oxygens (including phenoxy) is 3. The van der Waals surface area contributed by atoms with Crippen LogP contribution in [-0.4, -0.2) is 47.6 Å². The predicted octanol–water partition coefficient (Wildman–Crippen LogP) is 5.08. The molecule has 0 aliphatic heterocycles. The van der Waals surface area contributed by atoms with Gasteiger partial charge in [-0.3, -0.25) is 9.97 Å². The average Bonchev–Trinajstić information content (AvgIpc) is 2.95. The van der Waals surface area contributed by atoms with Gasteiger partial charge in [0.05, 0.1) is 31.6 Å². The molecule has 0 saturated heterocycles. The Balaban J connectivity index is 1.35. The summed E-state index contributed by atoms with van der Waals surface area (Å²) in [5, 5.41) is 2.55. The fourth-order valence-corrected chi connectivity index (χ4v) is 5.14. The normalized spacial score (nSPS) is 12.0. The van der Waals surface area contributed by atoms with Gasteiger partial charge < -0.3 is 25.7 Å². The first kappa shape index (κ1) is 25.6. The minimum atomic E-state index is -0.104. The van der Waals surface area contributed by atoms with E-state index in [1.165, 1.54) is 5.56 Å². The molecular weight excluding hydrogens is 498 g/mol. The van der Waals surface area contributed by atoms with E-state index >= 15 is 0 Å². The van der Waals surface area contributed by atoms with Crippen LogP contribution >= 0.6 is 11.8 Å². The Morgan fingerprint density at radius 2 is 1.68 bits per heavy atom. The number of benzene rings is 2. The summed E-state index contributed by atoms with van der Waals surface area (Å²) in [5.41, 5.74) is 16.2. The largest absolute Gasteiger partial charge is 0.493 e. The van der Waals surface area contributed by atoms with Gasteiger partial charge in [0, 0.05) is 52.3 Å². The van der Waals surface area contributed by atoms with E-state index in [1.54, 1.807) is 44.6 Å². The Hall–Kier alpha value is -4.08. The highest BCUT2D eigenvalue weighted by atomic mass is 32.2. The molecule has 0 radical (unpaired) electrons. The Morgan fingerprint density at radius 1 is 0.895 bits per heavy atom. The molecule has 5 rings (SSSR count). The van der Waals surface area contributed by atoms with Gasteiger partial charge in [-0.1, -0.05) is 30.3 Å². The highest BCUT2D eigenvalue weighted by molar-refractivity contribution is 7.98. The number of nitrogens with zero attached hydrogens (tertiary/aromatic N) is 3. The quantitative estimate of drug-likeness (QED) is 0.240. The molecule has 3 aromatic heterocycles.